The Labute approximate surface area is 152 Å². The zero-order chi connectivity index (χ0) is 18.4. The third-order valence-electron chi connectivity index (χ3n) is 4.19. The van der Waals surface area contributed by atoms with Crippen molar-refractivity contribution in [1.82, 2.24) is 5.32 Å². The summed E-state index contributed by atoms with van der Waals surface area (Å²) in [6, 6.07) is 13.7. The van der Waals surface area contributed by atoms with E-state index >= 15 is 0 Å². The molecule has 0 unspecified atom stereocenters. The molecule has 2 amide bonds. The first kappa shape index (κ1) is 17.9. The van der Waals surface area contributed by atoms with E-state index in [2.05, 4.69) is 10.6 Å². The Morgan fingerprint density at radius 2 is 1.92 bits per heavy atom. The lowest BCUT2D eigenvalue weighted by atomic mass is 10.1. The third kappa shape index (κ3) is 4.61. The summed E-state index contributed by atoms with van der Waals surface area (Å²) in [5, 5.41) is 5.35. The van der Waals surface area contributed by atoms with Crippen LogP contribution in [0.1, 0.15) is 33.6 Å². The summed E-state index contributed by atoms with van der Waals surface area (Å²) < 4.78 is 11.2. The minimum atomic E-state index is -0.246. The van der Waals surface area contributed by atoms with Crippen molar-refractivity contribution in [2.24, 2.45) is 0 Å². The van der Waals surface area contributed by atoms with Gasteiger partial charge in [0.05, 0.1) is 6.10 Å². The quantitative estimate of drug-likeness (QED) is 0.836. The number of benzene rings is 2. The molecule has 1 atom stereocenters. The van der Waals surface area contributed by atoms with Crippen molar-refractivity contribution in [2.45, 2.75) is 18.9 Å². The number of rotatable bonds is 6. The molecule has 136 valence electrons. The normalized spacial score (nSPS) is 16.1. The highest BCUT2D eigenvalue weighted by Gasteiger charge is 2.16. The first-order valence-electron chi connectivity index (χ1n) is 8.63. The van der Waals surface area contributed by atoms with Gasteiger partial charge in [-0.05, 0) is 55.3 Å². The first-order valence-corrected chi connectivity index (χ1v) is 8.63. The summed E-state index contributed by atoms with van der Waals surface area (Å²) in [4.78, 5) is 24.0. The Morgan fingerprint density at radius 1 is 1.12 bits per heavy atom. The van der Waals surface area contributed by atoms with Gasteiger partial charge in [0.15, 0.2) is 0 Å². The number of amides is 2. The highest BCUT2D eigenvalue weighted by atomic mass is 16.5. The van der Waals surface area contributed by atoms with Crippen LogP contribution in [0, 0.1) is 0 Å². The van der Waals surface area contributed by atoms with E-state index in [0.717, 1.165) is 19.4 Å². The minimum Gasteiger partial charge on any atom is -0.491 e. The number of carbonyl (C=O) groups excluding carboxylic acids is 2. The van der Waals surface area contributed by atoms with Crippen molar-refractivity contribution in [3.63, 3.8) is 0 Å². The number of ether oxygens (including phenoxy) is 2. The second kappa shape index (κ2) is 8.49. The van der Waals surface area contributed by atoms with Crippen molar-refractivity contribution in [1.29, 1.82) is 0 Å². The SMILES string of the molecule is CNC(=O)c1cccc(NC(=O)c2ccc(OC[C@@H]3CCCO3)cc2)c1. The Hall–Kier alpha value is -2.86. The van der Waals surface area contributed by atoms with E-state index in [1.165, 1.54) is 0 Å². The molecule has 1 heterocycles. The fraction of sp³-hybridized carbons (Fsp3) is 0.300. The monoisotopic (exact) mass is 354 g/mol. The van der Waals surface area contributed by atoms with Crippen LogP contribution >= 0.6 is 0 Å². The van der Waals surface area contributed by atoms with Gasteiger partial charge < -0.3 is 20.1 Å². The third-order valence-corrected chi connectivity index (χ3v) is 4.19. The van der Waals surface area contributed by atoms with Gasteiger partial charge in [0.1, 0.15) is 12.4 Å². The van der Waals surface area contributed by atoms with E-state index in [9.17, 15) is 9.59 Å². The zero-order valence-electron chi connectivity index (χ0n) is 14.7. The molecule has 0 aromatic heterocycles. The van der Waals surface area contributed by atoms with Gasteiger partial charge in [0.2, 0.25) is 0 Å². The summed E-state index contributed by atoms with van der Waals surface area (Å²) in [6.07, 6.45) is 2.26. The molecule has 6 heteroatoms. The molecule has 6 nitrogen and oxygen atoms in total. The van der Waals surface area contributed by atoms with Crippen LogP contribution in [-0.4, -0.2) is 38.2 Å². The Morgan fingerprint density at radius 3 is 2.62 bits per heavy atom. The molecular formula is C20H22N2O4. The van der Waals surface area contributed by atoms with Gasteiger partial charge in [0.25, 0.3) is 11.8 Å². The molecule has 26 heavy (non-hydrogen) atoms. The molecule has 2 N–H and O–H groups in total. The summed E-state index contributed by atoms with van der Waals surface area (Å²) in [7, 11) is 1.57. The van der Waals surface area contributed by atoms with Crippen LogP contribution < -0.4 is 15.4 Å². The predicted octanol–water partition coefficient (Wildman–Crippen LogP) is 2.86. The van der Waals surface area contributed by atoms with Crippen LogP contribution in [0.25, 0.3) is 0 Å². The van der Waals surface area contributed by atoms with E-state index in [1.54, 1.807) is 55.6 Å². The molecule has 0 saturated carbocycles. The topological polar surface area (TPSA) is 76.7 Å². The first-order chi connectivity index (χ1) is 12.7. The fourth-order valence-electron chi connectivity index (χ4n) is 2.75. The van der Waals surface area contributed by atoms with Crippen molar-refractivity contribution >= 4 is 17.5 Å². The number of hydrogen-bond donors (Lipinski definition) is 2. The molecule has 2 aromatic carbocycles. The van der Waals surface area contributed by atoms with Crippen LogP contribution in [0.5, 0.6) is 5.75 Å². The average Bonchev–Trinajstić information content (AvgIpc) is 3.20. The number of nitrogens with one attached hydrogen (secondary N) is 2. The van der Waals surface area contributed by atoms with Crippen LogP contribution in [0.15, 0.2) is 48.5 Å². The Balaban J connectivity index is 1.58. The van der Waals surface area contributed by atoms with Crippen LogP contribution in [-0.2, 0) is 4.74 Å². The van der Waals surface area contributed by atoms with Crippen LogP contribution in [0.4, 0.5) is 5.69 Å². The van der Waals surface area contributed by atoms with Crippen molar-refractivity contribution in [3.05, 3.63) is 59.7 Å². The van der Waals surface area contributed by atoms with E-state index < -0.39 is 0 Å². The Bertz CT molecular complexity index is 768. The average molecular weight is 354 g/mol. The van der Waals surface area contributed by atoms with Gasteiger partial charge in [-0.25, -0.2) is 0 Å². The lowest BCUT2D eigenvalue weighted by Gasteiger charge is -2.12. The lowest BCUT2D eigenvalue weighted by Crippen LogP contribution is -2.18. The minimum absolute atomic E-state index is 0.158. The molecule has 3 rings (SSSR count). The number of hydrogen-bond acceptors (Lipinski definition) is 4. The molecule has 2 aromatic rings. The second-order valence-electron chi connectivity index (χ2n) is 6.08. The van der Waals surface area contributed by atoms with E-state index in [1.807, 2.05) is 0 Å². The fourth-order valence-corrected chi connectivity index (χ4v) is 2.75. The molecule has 0 radical (unpaired) electrons. The molecule has 1 aliphatic rings. The summed E-state index contributed by atoms with van der Waals surface area (Å²) >= 11 is 0. The van der Waals surface area contributed by atoms with E-state index in [4.69, 9.17) is 9.47 Å². The number of carbonyl (C=O) groups is 2. The summed E-state index contributed by atoms with van der Waals surface area (Å²) in [5.41, 5.74) is 1.57. The van der Waals surface area contributed by atoms with Gasteiger partial charge in [-0.3, -0.25) is 9.59 Å². The Kier molecular flexibility index (Phi) is 5.86. The highest BCUT2D eigenvalue weighted by molar-refractivity contribution is 6.05. The largest absolute Gasteiger partial charge is 0.491 e. The highest BCUT2D eigenvalue weighted by Crippen LogP contribution is 2.18. The van der Waals surface area contributed by atoms with Crippen LogP contribution in [0.2, 0.25) is 0 Å². The molecule has 1 aliphatic heterocycles. The van der Waals surface area contributed by atoms with Crippen LogP contribution in [0.3, 0.4) is 0 Å². The van der Waals surface area contributed by atoms with Gasteiger partial charge in [0, 0.05) is 30.5 Å². The molecule has 1 saturated heterocycles. The smallest absolute Gasteiger partial charge is 0.255 e. The number of anilines is 1. The van der Waals surface area contributed by atoms with E-state index in [0.29, 0.717) is 29.2 Å². The van der Waals surface area contributed by atoms with Gasteiger partial charge in [-0.1, -0.05) is 6.07 Å². The predicted molar refractivity (Wildman–Crippen MR) is 98.7 cm³/mol. The molecule has 0 bridgehead atoms. The van der Waals surface area contributed by atoms with E-state index in [-0.39, 0.29) is 17.9 Å². The molecular weight excluding hydrogens is 332 g/mol. The maximum atomic E-state index is 12.4. The maximum absolute atomic E-state index is 12.4. The van der Waals surface area contributed by atoms with Crippen molar-refractivity contribution < 1.29 is 19.1 Å². The lowest BCUT2D eigenvalue weighted by molar-refractivity contribution is 0.0679. The summed E-state index contributed by atoms with van der Waals surface area (Å²) in [6.45, 7) is 1.33. The molecule has 0 aliphatic carbocycles. The van der Waals surface area contributed by atoms with Gasteiger partial charge >= 0.3 is 0 Å². The summed E-state index contributed by atoms with van der Waals surface area (Å²) in [5.74, 6) is 0.261. The maximum Gasteiger partial charge on any atom is 0.255 e. The standard InChI is InChI=1S/C20H22N2O4/c1-21-19(23)15-4-2-5-16(12-15)22-20(24)14-7-9-17(10-8-14)26-13-18-6-3-11-25-18/h2,4-5,7-10,12,18H,3,6,11,13H2,1H3,(H,21,23)(H,22,24)/t18-/m0/s1. The van der Waals surface area contributed by atoms with Crippen molar-refractivity contribution in [3.8, 4) is 5.75 Å². The molecule has 0 spiro atoms. The van der Waals surface area contributed by atoms with Crippen molar-refractivity contribution in [2.75, 3.05) is 25.6 Å². The second-order valence-corrected chi connectivity index (χ2v) is 6.08. The van der Waals surface area contributed by atoms with Gasteiger partial charge in [-0.15, -0.1) is 0 Å². The molecule has 1 fully saturated rings. The van der Waals surface area contributed by atoms with Gasteiger partial charge in [-0.2, -0.15) is 0 Å². The zero-order valence-corrected chi connectivity index (χ0v) is 14.7.